The number of rotatable bonds is 4. The van der Waals surface area contributed by atoms with Crippen molar-refractivity contribution < 1.29 is 0 Å². The molecule has 1 rings (SSSR count). The van der Waals surface area contributed by atoms with Crippen molar-refractivity contribution in [2.45, 2.75) is 50.6 Å². The molecule has 1 saturated carbocycles. The van der Waals surface area contributed by atoms with Crippen LogP contribution < -0.4 is 5.32 Å². The Bertz CT molecular complexity index is 255. The Kier molecular flexibility index (Phi) is 5.60. The molecule has 1 atom stereocenters. The van der Waals surface area contributed by atoms with Gasteiger partial charge in [-0.25, -0.2) is 0 Å². The molecule has 82 valence electrons. The van der Waals surface area contributed by atoms with Crippen LogP contribution in [0.5, 0.6) is 0 Å². The summed E-state index contributed by atoms with van der Waals surface area (Å²) in [6, 6.07) is 2.22. The number of hydrogen-bond donors (Lipinski definition) is 1. The number of hydrogen-bond acceptors (Lipinski definition) is 3. The SMILES string of the molecule is N#CC(CN=[N+]=[N-])NC1CCCCCC1. The zero-order valence-corrected chi connectivity index (χ0v) is 8.89. The minimum Gasteiger partial charge on any atom is -0.299 e. The zero-order chi connectivity index (χ0) is 10.9. The van der Waals surface area contributed by atoms with Crippen LogP contribution in [0.3, 0.4) is 0 Å². The van der Waals surface area contributed by atoms with Crippen molar-refractivity contribution >= 4 is 0 Å². The largest absolute Gasteiger partial charge is 0.299 e. The van der Waals surface area contributed by atoms with E-state index in [4.69, 9.17) is 10.8 Å². The molecule has 0 aliphatic heterocycles. The van der Waals surface area contributed by atoms with Gasteiger partial charge in [0.2, 0.25) is 0 Å². The van der Waals surface area contributed by atoms with Crippen LogP contribution >= 0.6 is 0 Å². The van der Waals surface area contributed by atoms with Gasteiger partial charge in [-0.2, -0.15) is 5.26 Å². The molecule has 0 radical (unpaired) electrons. The van der Waals surface area contributed by atoms with Gasteiger partial charge in [-0.05, 0) is 18.4 Å². The van der Waals surface area contributed by atoms with Crippen LogP contribution in [-0.4, -0.2) is 18.6 Å². The predicted octanol–water partition coefficient (Wildman–Crippen LogP) is 2.50. The maximum absolute atomic E-state index is 8.86. The van der Waals surface area contributed by atoms with Gasteiger partial charge in [0.25, 0.3) is 0 Å². The molecule has 15 heavy (non-hydrogen) atoms. The second-order valence-electron chi connectivity index (χ2n) is 3.95. The Labute approximate surface area is 90.1 Å². The van der Waals surface area contributed by atoms with Crippen molar-refractivity contribution in [3.8, 4) is 6.07 Å². The number of nitrogens with zero attached hydrogens (tertiary/aromatic N) is 4. The Morgan fingerprint density at radius 1 is 1.40 bits per heavy atom. The normalized spacial score (nSPS) is 19.7. The van der Waals surface area contributed by atoms with Gasteiger partial charge in [0, 0.05) is 11.0 Å². The molecular weight excluding hydrogens is 190 g/mol. The van der Waals surface area contributed by atoms with Crippen LogP contribution in [0.25, 0.3) is 10.4 Å². The molecule has 0 amide bonds. The van der Waals surface area contributed by atoms with Gasteiger partial charge in [0.05, 0.1) is 12.6 Å². The number of nitrogens with one attached hydrogen (secondary N) is 1. The molecule has 0 aromatic carbocycles. The first-order valence-corrected chi connectivity index (χ1v) is 5.53. The monoisotopic (exact) mass is 207 g/mol. The summed E-state index contributed by atoms with van der Waals surface area (Å²) < 4.78 is 0. The van der Waals surface area contributed by atoms with E-state index >= 15 is 0 Å². The summed E-state index contributed by atoms with van der Waals surface area (Å²) in [7, 11) is 0. The highest BCUT2D eigenvalue weighted by atomic mass is 15.1. The molecule has 0 aromatic rings. The first-order valence-electron chi connectivity index (χ1n) is 5.53. The molecule has 1 aliphatic carbocycles. The average molecular weight is 207 g/mol. The van der Waals surface area contributed by atoms with Gasteiger partial charge in [-0.1, -0.05) is 30.8 Å². The summed E-state index contributed by atoms with van der Waals surface area (Å²) in [5, 5.41) is 15.5. The number of azide groups is 1. The summed E-state index contributed by atoms with van der Waals surface area (Å²) in [4.78, 5) is 2.67. The summed E-state index contributed by atoms with van der Waals surface area (Å²) in [6.07, 6.45) is 7.33. The summed E-state index contributed by atoms with van der Waals surface area (Å²) in [6.45, 7) is 0.226. The molecule has 5 nitrogen and oxygen atoms in total. The summed E-state index contributed by atoms with van der Waals surface area (Å²) in [5.74, 6) is 0. The van der Waals surface area contributed by atoms with Crippen LogP contribution in [0.1, 0.15) is 38.5 Å². The van der Waals surface area contributed by atoms with E-state index in [9.17, 15) is 0 Å². The van der Waals surface area contributed by atoms with Crippen molar-refractivity contribution in [3.05, 3.63) is 10.4 Å². The fraction of sp³-hybridized carbons (Fsp3) is 0.900. The standard InChI is InChI=1S/C10H17N5/c11-7-10(8-13-15-12)14-9-5-3-1-2-4-6-9/h9-10,14H,1-6,8H2. The predicted molar refractivity (Wildman–Crippen MR) is 58.0 cm³/mol. The fourth-order valence-electron chi connectivity index (χ4n) is 1.98. The van der Waals surface area contributed by atoms with Crippen LogP contribution in [0.2, 0.25) is 0 Å². The van der Waals surface area contributed by atoms with E-state index in [0.717, 1.165) is 12.8 Å². The number of nitriles is 1. The van der Waals surface area contributed by atoms with Crippen molar-refractivity contribution in [2.75, 3.05) is 6.54 Å². The van der Waals surface area contributed by atoms with Gasteiger partial charge in [0.15, 0.2) is 0 Å². The molecular formula is C10H17N5. The summed E-state index contributed by atoms with van der Waals surface area (Å²) >= 11 is 0. The highest BCUT2D eigenvalue weighted by Gasteiger charge is 2.15. The third-order valence-corrected chi connectivity index (χ3v) is 2.78. The lowest BCUT2D eigenvalue weighted by molar-refractivity contribution is 0.433. The average Bonchev–Trinajstić information content (AvgIpc) is 2.52. The smallest absolute Gasteiger partial charge is 0.101 e. The highest BCUT2D eigenvalue weighted by Crippen LogP contribution is 2.17. The van der Waals surface area contributed by atoms with Gasteiger partial charge in [0.1, 0.15) is 6.04 Å². The third kappa shape index (κ3) is 4.68. The van der Waals surface area contributed by atoms with E-state index in [1.807, 2.05) is 0 Å². The van der Waals surface area contributed by atoms with E-state index in [0.29, 0.717) is 6.04 Å². The van der Waals surface area contributed by atoms with E-state index in [-0.39, 0.29) is 12.6 Å². The van der Waals surface area contributed by atoms with Gasteiger partial charge in [-0.15, -0.1) is 0 Å². The molecule has 0 heterocycles. The maximum Gasteiger partial charge on any atom is 0.101 e. The molecule has 5 heteroatoms. The highest BCUT2D eigenvalue weighted by molar-refractivity contribution is 4.93. The molecule has 0 bridgehead atoms. The van der Waals surface area contributed by atoms with Gasteiger partial charge in [-0.3, -0.25) is 5.32 Å². The molecule has 1 unspecified atom stereocenters. The maximum atomic E-state index is 8.86. The molecule has 1 N–H and O–H groups in total. The molecule has 0 aromatic heterocycles. The quantitative estimate of drug-likeness (QED) is 0.332. The van der Waals surface area contributed by atoms with Crippen LogP contribution in [0, 0.1) is 11.3 Å². The lowest BCUT2D eigenvalue weighted by Crippen LogP contribution is -2.38. The minimum absolute atomic E-state index is 0.226. The van der Waals surface area contributed by atoms with Crippen molar-refractivity contribution in [3.63, 3.8) is 0 Å². The first kappa shape index (κ1) is 11.8. The fourth-order valence-corrected chi connectivity index (χ4v) is 1.98. The van der Waals surface area contributed by atoms with Crippen LogP contribution in [-0.2, 0) is 0 Å². The van der Waals surface area contributed by atoms with Crippen molar-refractivity contribution in [2.24, 2.45) is 5.11 Å². The second kappa shape index (κ2) is 7.10. The molecule has 0 spiro atoms. The molecule has 1 fully saturated rings. The Morgan fingerprint density at radius 2 is 2.07 bits per heavy atom. The van der Waals surface area contributed by atoms with E-state index < -0.39 is 0 Å². The second-order valence-corrected chi connectivity index (χ2v) is 3.95. The third-order valence-electron chi connectivity index (χ3n) is 2.78. The van der Waals surface area contributed by atoms with Crippen molar-refractivity contribution in [1.82, 2.24) is 5.32 Å². The Balaban J connectivity index is 2.35. The Morgan fingerprint density at radius 3 is 2.60 bits per heavy atom. The van der Waals surface area contributed by atoms with Gasteiger partial charge >= 0.3 is 0 Å². The first-order chi connectivity index (χ1) is 7.36. The molecule has 1 aliphatic rings. The summed E-state index contributed by atoms with van der Waals surface area (Å²) in [5.41, 5.74) is 8.18. The van der Waals surface area contributed by atoms with Gasteiger partial charge < -0.3 is 0 Å². The lowest BCUT2D eigenvalue weighted by atomic mass is 10.1. The van der Waals surface area contributed by atoms with Crippen LogP contribution in [0.4, 0.5) is 0 Å². The lowest BCUT2D eigenvalue weighted by Gasteiger charge is -2.18. The minimum atomic E-state index is -0.330. The van der Waals surface area contributed by atoms with E-state index in [2.05, 4.69) is 21.4 Å². The zero-order valence-electron chi connectivity index (χ0n) is 8.89. The van der Waals surface area contributed by atoms with E-state index in [1.54, 1.807) is 0 Å². The van der Waals surface area contributed by atoms with Crippen molar-refractivity contribution in [1.29, 1.82) is 5.26 Å². The Hall–Kier alpha value is -1.24. The topological polar surface area (TPSA) is 84.6 Å². The van der Waals surface area contributed by atoms with E-state index in [1.165, 1.54) is 25.7 Å². The molecule has 0 saturated heterocycles. The van der Waals surface area contributed by atoms with Crippen LogP contribution in [0.15, 0.2) is 5.11 Å².